The number of aromatic nitrogens is 2. The lowest BCUT2D eigenvalue weighted by molar-refractivity contribution is 0.0690. The summed E-state index contributed by atoms with van der Waals surface area (Å²) < 4.78 is 27.9. The fraction of sp³-hybridized carbons (Fsp3) is 0. The number of hydrogen-bond acceptors (Lipinski definition) is 2. The normalized spacial score (nSPS) is 10.7. The van der Waals surface area contributed by atoms with Gasteiger partial charge < -0.3 is 5.11 Å². The topological polar surface area (TPSA) is 55.1 Å². The van der Waals surface area contributed by atoms with Crippen molar-refractivity contribution in [1.29, 1.82) is 0 Å². The van der Waals surface area contributed by atoms with Crippen molar-refractivity contribution in [3.05, 3.63) is 70.9 Å². The van der Waals surface area contributed by atoms with E-state index in [1.807, 2.05) is 0 Å². The molecule has 0 amide bonds. The molecule has 23 heavy (non-hydrogen) atoms. The summed E-state index contributed by atoms with van der Waals surface area (Å²) in [7, 11) is 0. The lowest BCUT2D eigenvalue weighted by Crippen LogP contribution is -2.02. The highest BCUT2D eigenvalue weighted by Gasteiger charge is 2.17. The smallest absolute Gasteiger partial charge is 0.356 e. The minimum atomic E-state index is -1.23. The monoisotopic (exact) mass is 334 g/mol. The fourth-order valence-electron chi connectivity index (χ4n) is 2.15. The predicted octanol–water partition coefficient (Wildman–Crippen LogP) is 4.17. The van der Waals surface area contributed by atoms with Crippen LogP contribution in [0, 0.1) is 11.6 Å². The molecule has 4 nitrogen and oxygen atoms in total. The third-order valence-corrected chi connectivity index (χ3v) is 3.43. The molecule has 0 aliphatic heterocycles. The Balaban J connectivity index is 2.22. The molecule has 0 aliphatic rings. The molecular weight excluding hydrogens is 326 g/mol. The predicted molar refractivity (Wildman–Crippen MR) is 80.9 cm³/mol. The van der Waals surface area contributed by atoms with Crippen LogP contribution in [-0.2, 0) is 0 Å². The first kappa shape index (κ1) is 15.2. The maximum Gasteiger partial charge on any atom is 0.356 e. The molecule has 0 aliphatic carbocycles. The Bertz CT molecular complexity index is 909. The summed E-state index contributed by atoms with van der Waals surface area (Å²) in [6.07, 6.45) is 0. The number of nitrogens with zero attached hydrogens (tertiary/aromatic N) is 2. The van der Waals surface area contributed by atoms with Gasteiger partial charge in [0.05, 0.1) is 11.4 Å². The van der Waals surface area contributed by atoms with Crippen molar-refractivity contribution >= 4 is 17.6 Å². The quantitative estimate of drug-likeness (QED) is 0.782. The summed E-state index contributed by atoms with van der Waals surface area (Å²) in [5.41, 5.74) is 0.891. The molecule has 3 aromatic rings. The lowest BCUT2D eigenvalue weighted by atomic mass is 10.1. The van der Waals surface area contributed by atoms with Crippen molar-refractivity contribution in [2.45, 2.75) is 0 Å². The van der Waals surface area contributed by atoms with Crippen LogP contribution >= 0.6 is 11.6 Å². The van der Waals surface area contributed by atoms with Crippen LogP contribution in [0.2, 0.25) is 5.02 Å². The van der Waals surface area contributed by atoms with Crippen molar-refractivity contribution in [1.82, 2.24) is 9.78 Å². The summed E-state index contributed by atoms with van der Waals surface area (Å²) in [5, 5.41) is 13.6. The molecule has 0 atom stereocenters. The van der Waals surface area contributed by atoms with E-state index >= 15 is 0 Å². The molecule has 0 radical (unpaired) electrons. The first-order valence-corrected chi connectivity index (χ1v) is 6.88. The SMILES string of the molecule is O=C(O)c1cc(-c2ccc(F)c(F)c2)n(-c2cccc(Cl)c2)n1. The van der Waals surface area contributed by atoms with Gasteiger partial charge in [0, 0.05) is 10.6 Å². The van der Waals surface area contributed by atoms with Gasteiger partial charge in [-0.2, -0.15) is 5.10 Å². The molecule has 1 aromatic heterocycles. The van der Waals surface area contributed by atoms with E-state index in [0.717, 1.165) is 12.1 Å². The fourth-order valence-corrected chi connectivity index (χ4v) is 2.34. The third kappa shape index (κ3) is 2.93. The molecule has 2 aromatic carbocycles. The highest BCUT2D eigenvalue weighted by Crippen LogP contribution is 2.26. The Hall–Kier alpha value is -2.73. The van der Waals surface area contributed by atoms with Gasteiger partial charge in [-0.15, -0.1) is 0 Å². The van der Waals surface area contributed by atoms with Gasteiger partial charge >= 0.3 is 5.97 Å². The Kier molecular flexibility index (Phi) is 3.83. The van der Waals surface area contributed by atoms with Gasteiger partial charge in [0.25, 0.3) is 0 Å². The zero-order valence-corrected chi connectivity index (χ0v) is 12.3. The first-order chi connectivity index (χ1) is 11.0. The Morgan fingerprint density at radius 2 is 1.87 bits per heavy atom. The molecule has 0 spiro atoms. The molecule has 0 saturated carbocycles. The summed E-state index contributed by atoms with van der Waals surface area (Å²) in [5.74, 6) is -3.24. The second kappa shape index (κ2) is 5.81. The molecule has 1 heterocycles. The van der Waals surface area contributed by atoms with Crippen LogP contribution < -0.4 is 0 Å². The van der Waals surface area contributed by atoms with Crippen LogP contribution in [0.25, 0.3) is 16.9 Å². The summed E-state index contributed by atoms with van der Waals surface area (Å²) in [4.78, 5) is 11.2. The van der Waals surface area contributed by atoms with Gasteiger partial charge in [-0.1, -0.05) is 17.7 Å². The highest BCUT2D eigenvalue weighted by molar-refractivity contribution is 6.30. The third-order valence-electron chi connectivity index (χ3n) is 3.20. The second-order valence-electron chi connectivity index (χ2n) is 4.74. The van der Waals surface area contributed by atoms with E-state index in [9.17, 15) is 13.6 Å². The minimum Gasteiger partial charge on any atom is -0.476 e. The second-order valence-corrected chi connectivity index (χ2v) is 5.18. The molecule has 3 rings (SSSR count). The molecule has 1 N–H and O–H groups in total. The van der Waals surface area contributed by atoms with Crippen LogP contribution in [0.3, 0.4) is 0 Å². The van der Waals surface area contributed by atoms with Crippen LogP contribution in [0.4, 0.5) is 8.78 Å². The molecule has 0 bridgehead atoms. The van der Waals surface area contributed by atoms with Gasteiger partial charge in [0.1, 0.15) is 0 Å². The van der Waals surface area contributed by atoms with Crippen molar-refractivity contribution in [2.75, 3.05) is 0 Å². The molecule has 0 saturated heterocycles. The van der Waals surface area contributed by atoms with Crippen LogP contribution in [0.1, 0.15) is 10.5 Å². The van der Waals surface area contributed by atoms with Crippen LogP contribution in [0.15, 0.2) is 48.5 Å². The summed E-state index contributed by atoms with van der Waals surface area (Å²) >= 11 is 5.94. The Morgan fingerprint density at radius 1 is 1.09 bits per heavy atom. The van der Waals surface area contributed by atoms with E-state index in [-0.39, 0.29) is 5.69 Å². The molecule has 0 unspecified atom stereocenters. The molecule has 116 valence electrons. The Labute approximate surface area is 134 Å². The molecule has 7 heteroatoms. The van der Waals surface area contributed by atoms with E-state index in [1.54, 1.807) is 24.3 Å². The van der Waals surface area contributed by atoms with E-state index in [2.05, 4.69) is 5.10 Å². The van der Waals surface area contributed by atoms with Gasteiger partial charge in [0.2, 0.25) is 0 Å². The zero-order valence-electron chi connectivity index (χ0n) is 11.5. The van der Waals surface area contributed by atoms with E-state index in [0.29, 0.717) is 22.0 Å². The van der Waals surface area contributed by atoms with Crippen molar-refractivity contribution in [3.63, 3.8) is 0 Å². The van der Waals surface area contributed by atoms with Gasteiger partial charge in [-0.05, 0) is 42.5 Å². The first-order valence-electron chi connectivity index (χ1n) is 6.50. The zero-order chi connectivity index (χ0) is 16.6. The van der Waals surface area contributed by atoms with Crippen LogP contribution in [-0.4, -0.2) is 20.9 Å². The van der Waals surface area contributed by atoms with Crippen molar-refractivity contribution < 1.29 is 18.7 Å². The number of carboxylic acid groups (broad SMARTS) is 1. The number of aromatic carboxylic acids is 1. The van der Waals surface area contributed by atoms with Crippen molar-refractivity contribution in [3.8, 4) is 16.9 Å². The maximum atomic E-state index is 13.5. The minimum absolute atomic E-state index is 0.218. The highest BCUT2D eigenvalue weighted by atomic mass is 35.5. The molecular formula is C16H9ClF2N2O2. The van der Waals surface area contributed by atoms with Gasteiger partial charge in [-0.3, -0.25) is 0 Å². The molecule has 0 fully saturated rings. The number of carboxylic acids is 1. The average molecular weight is 335 g/mol. The van der Waals surface area contributed by atoms with Crippen molar-refractivity contribution in [2.24, 2.45) is 0 Å². The van der Waals surface area contributed by atoms with Gasteiger partial charge in [0.15, 0.2) is 17.3 Å². The van der Waals surface area contributed by atoms with Gasteiger partial charge in [-0.25, -0.2) is 18.3 Å². The van der Waals surface area contributed by atoms with Crippen LogP contribution in [0.5, 0.6) is 0 Å². The maximum absolute atomic E-state index is 13.5. The van der Waals surface area contributed by atoms with E-state index in [1.165, 1.54) is 16.8 Å². The largest absolute Gasteiger partial charge is 0.476 e. The summed E-state index contributed by atoms with van der Waals surface area (Å²) in [6.45, 7) is 0. The lowest BCUT2D eigenvalue weighted by Gasteiger charge is -2.08. The Morgan fingerprint density at radius 3 is 2.52 bits per heavy atom. The number of rotatable bonds is 3. The number of halogens is 3. The standard InChI is InChI=1S/C16H9ClF2N2O2/c17-10-2-1-3-11(7-10)21-15(8-14(20-21)16(22)23)9-4-5-12(18)13(19)6-9/h1-8H,(H,22,23). The number of benzene rings is 2. The number of hydrogen-bond donors (Lipinski definition) is 1. The van der Waals surface area contributed by atoms with E-state index < -0.39 is 17.6 Å². The average Bonchev–Trinajstić information content (AvgIpc) is 2.95. The number of carbonyl (C=O) groups is 1. The van der Waals surface area contributed by atoms with E-state index in [4.69, 9.17) is 16.7 Å². The summed E-state index contributed by atoms with van der Waals surface area (Å²) in [6, 6.07) is 11.2.